The van der Waals surface area contributed by atoms with Crippen molar-refractivity contribution in [3.8, 4) is 5.75 Å². The summed E-state index contributed by atoms with van der Waals surface area (Å²) in [7, 11) is 0. The summed E-state index contributed by atoms with van der Waals surface area (Å²) in [4.78, 5) is 12.2. The number of benzene rings is 1. The molecule has 0 spiro atoms. The van der Waals surface area contributed by atoms with Gasteiger partial charge in [0.1, 0.15) is 12.4 Å². The number of nitrogens with one attached hydrogen (secondary N) is 1. The minimum Gasteiger partial charge on any atom is -0.492 e. The van der Waals surface area contributed by atoms with Crippen molar-refractivity contribution in [2.75, 3.05) is 13.2 Å². The fraction of sp³-hybridized carbons (Fsp3) is 0.562. The van der Waals surface area contributed by atoms with Crippen molar-refractivity contribution in [2.45, 2.75) is 38.1 Å². The third-order valence-electron chi connectivity index (χ3n) is 3.98. The van der Waals surface area contributed by atoms with Gasteiger partial charge in [0.25, 0.3) is 0 Å². The molecule has 0 aromatic heterocycles. The zero-order chi connectivity index (χ0) is 14.4. The van der Waals surface area contributed by atoms with Gasteiger partial charge in [-0.25, -0.2) is 0 Å². The molecule has 1 amide bonds. The average molecular weight is 276 g/mol. The highest BCUT2D eigenvalue weighted by atomic mass is 16.5. The Hall–Kier alpha value is -1.55. The molecular formula is C16H24N2O2. The summed E-state index contributed by atoms with van der Waals surface area (Å²) in [5.41, 5.74) is 5.85. The summed E-state index contributed by atoms with van der Waals surface area (Å²) < 4.78 is 5.55. The first-order valence-corrected chi connectivity index (χ1v) is 7.34. The molecule has 4 nitrogen and oxygen atoms in total. The van der Waals surface area contributed by atoms with E-state index in [2.05, 4.69) is 5.32 Å². The predicted molar refractivity (Wildman–Crippen MR) is 79.5 cm³/mol. The fourth-order valence-electron chi connectivity index (χ4n) is 2.77. The zero-order valence-electron chi connectivity index (χ0n) is 12.1. The highest BCUT2D eigenvalue weighted by Gasteiger charge is 2.37. The highest BCUT2D eigenvalue weighted by Crippen LogP contribution is 2.31. The number of amides is 1. The average Bonchev–Trinajstić information content (AvgIpc) is 2.44. The summed E-state index contributed by atoms with van der Waals surface area (Å²) in [5.74, 6) is 0.808. The van der Waals surface area contributed by atoms with Gasteiger partial charge in [0.05, 0.1) is 12.5 Å². The molecule has 3 N–H and O–H groups in total. The SMILES string of the molecule is CC1(N)CCCCC1C(=O)NCCOc1ccccc1. The first kappa shape index (κ1) is 14.9. The van der Waals surface area contributed by atoms with Crippen LogP contribution >= 0.6 is 0 Å². The Morgan fingerprint density at radius 3 is 2.85 bits per heavy atom. The molecule has 0 aliphatic heterocycles. The van der Waals surface area contributed by atoms with Crippen LogP contribution in [0, 0.1) is 5.92 Å². The highest BCUT2D eigenvalue weighted by molar-refractivity contribution is 5.80. The van der Waals surface area contributed by atoms with Gasteiger partial charge in [-0.15, -0.1) is 0 Å². The summed E-state index contributed by atoms with van der Waals surface area (Å²) in [6, 6.07) is 9.60. The molecule has 2 unspecified atom stereocenters. The van der Waals surface area contributed by atoms with Crippen LogP contribution in [-0.2, 0) is 4.79 Å². The van der Waals surface area contributed by atoms with E-state index in [9.17, 15) is 4.79 Å². The molecule has 0 saturated heterocycles. The Balaban J connectivity index is 1.72. The Labute approximate surface area is 120 Å². The van der Waals surface area contributed by atoms with Crippen molar-refractivity contribution in [1.82, 2.24) is 5.32 Å². The van der Waals surface area contributed by atoms with Crippen LogP contribution in [0.25, 0.3) is 0 Å². The number of hydrogen-bond acceptors (Lipinski definition) is 3. The second kappa shape index (κ2) is 6.75. The lowest BCUT2D eigenvalue weighted by molar-refractivity contribution is -0.128. The normalized spacial score (nSPS) is 26.0. The summed E-state index contributed by atoms with van der Waals surface area (Å²) in [6.07, 6.45) is 4.02. The van der Waals surface area contributed by atoms with E-state index in [-0.39, 0.29) is 17.4 Å². The van der Waals surface area contributed by atoms with Crippen LogP contribution < -0.4 is 15.8 Å². The maximum atomic E-state index is 12.2. The molecule has 1 aliphatic rings. The minimum atomic E-state index is -0.372. The molecular weight excluding hydrogens is 252 g/mol. The summed E-state index contributed by atoms with van der Waals surface area (Å²) in [6.45, 7) is 2.97. The lowest BCUT2D eigenvalue weighted by atomic mass is 9.74. The van der Waals surface area contributed by atoms with E-state index >= 15 is 0 Å². The minimum absolute atomic E-state index is 0.0614. The number of rotatable bonds is 5. The Kier molecular flexibility index (Phi) is 5.01. The van der Waals surface area contributed by atoms with Crippen LogP contribution in [0.1, 0.15) is 32.6 Å². The molecule has 0 bridgehead atoms. The van der Waals surface area contributed by atoms with Crippen LogP contribution in [0.2, 0.25) is 0 Å². The van der Waals surface area contributed by atoms with Gasteiger partial charge in [-0.1, -0.05) is 31.0 Å². The van der Waals surface area contributed by atoms with Gasteiger partial charge < -0.3 is 15.8 Å². The maximum absolute atomic E-state index is 12.2. The number of carbonyl (C=O) groups excluding carboxylic acids is 1. The number of hydrogen-bond donors (Lipinski definition) is 2. The lowest BCUT2D eigenvalue weighted by Crippen LogP contribution is -2.53. The molecule has 1 aromatic carbocycles. The van der Waals surface area contributed by atoms with E-state index in [0.717, 1.165) is 31.4 Å². The van der Waals surface area contributed by atoms with E-state index < -0.39 is 0 Å². The van der Waals surface area contributed by atoms with E-state index in [0.29, 0.717) is 13.2 Å². The first-order chi connectivity index (χ1) is 9.59. The van der Waals surface area contributed by atoms with Crippen LogP contribution in [0.5, 0.6) is 5.75 Å². The smallest absolute Gasteiger partial charge is 0.225 e. The lowest BCUT2D eigenvalue weighted by Gasteiger charge is -2.37. The molecule has 1 saturated carbocycles. The molecule has 1 aromatic rings. The van der Waals surface area contributed by atoms with Crippen molar-refractivity contribution in [2.24, 2.45) is 11.7 Å². The van der Waals surface area contributed by atoms with Gasteiger partial charge in [-0.3, -0.25) is 4.79 Å². The van der Waals surface area contributed by atoms with E-state index in [1.807, 2.05) is 37.3 Å². The topological polar surface area (TPSA) is 64.4 Å². The molecule has 4 heteroatoms. The van der Waals surface area contributed by atoms with E-state index in [1.165, 1.54) is 0 Å². The molecule has 110 valence electrons. The van der Waals surface area contributed by atoms with Crippen molar-refractivity contribution < 1.29 is 9.53 Å². The summed E-state index contributed by atoms with van der Waals surface area (Å²) >= 11 is 0. The molecule has 2 atom stereocenters. The number of carbonyl (C=O) groups is 1. The molecule has 1 fully saturated rings. The largest absolute Gasteiger partial charge is 0.492 e. The number of nitrogens with two attached hydrogens (primary N) is 1. The van der Waals surface area contributed by atoms with Crippen LogP contribution in [0.15, 0.2) is 30.3 Å². The van der Waals surface area contributed by atoms with E-state index in [1.54, 1.807) is 0 Å². The van der Waals surface area contributed by atoms with Crippen molar-refractivity contribution in [3.05, 3.63) is 30.3 Å². The number of para-hydroxylation sites is 1. The van der Waals surface area contributed by atoms with Crippen LogP contribution in [0.4, 0.5) is 0 Å². The Bertz CT molecular complexity index is 431. The zero-order valence-corrected chi connectivity index (χ0v) is 12.1. The quantitative estimate of drug-likeness (QED) is 0.809. The van der Waals surface area contributed by atoms with Crippen molar-refractivity contribution in [3.63, 3.8) is 0 Å². The first-order valence-electron chi connectivity index (χ1n) is 7.34. The van der Waals surface area contributed by atoms with Gasteiger partial charge >= 0.3 is 0 Å². The molecule has 0 heterocycles. The predicted octanol–water partition coefficient (Wildman–Crippen LogP) is 2.09. The second-order valence-corrected chi connectivity index (χ2v) is 5.76. The van der Waals surface area contributed by atoms with Gasteiger partial charge in [0.2, 0.25) is 5.91 Å². The maximum Gasteiger partial charge on any atom is 0.225 e. The molecule has 1 aliphatic carbocycles. The Morgan fingerprint density at radius 2 is 2.15 bits per heavy atom. The standard InChI is InChI=1S/C16H24N2O2/c1-16(17)10-6-5-9-14(16)15(19)18-11-12-20-13-7-3-2-4-8-13/h2-4,7-8,14H,5-6,9-12,17H2,1H3,(H,18,19). The Morgan fingerprint density at radius 1 is 1.40 bits per heavy atom. The monoisotopic (exact) mass is 276 g/mol. The molecule has 2 rings (SSSR count). The molecule has 20 heavy (non-hydrogen) atoms. The third-order valence-corrected chi connectivity index (χ3v) is 3.98. The van der Waals surface area contributed by atoms with Gasteiger partial charge in [-0.05, 0) is 31.9 Å². The number of ether oxygens (including phenoxy) is 1. The van der Waals surface area contributed by atoms with E-state index in [4.69, 9.17) is 10.5 Å². The summed E-state index contributed by atoms with van der Waals surface area (Å²) in [5, 5.41) is 2.93. The third kappa shape index (κ3) is 3.97. The van der Waals surface area contributed by atoms with Gasteiger partial charge in [-0.2, -0.15) is 0 Å². The molecule has 0 radical (unpaired) electrons. The van der Waals surface area contributed by atoms with Crippen molar-refractivity contribution in [1.29, 1.82) is 0 Å². The van der Waals surface area contributed by atoms with Gasteiger partial charge in [0, 0.05) is 5.54 Å². The second-order valence-electron chi connectivity index (χ2n) is 5.76. The van der Waals surface area contributed by atoms with Crippen LogP contribution in [0.3, 0.4) is 0 Å². The van der Waals surface area contributed by atoms with Crippen LogP contribution in [-0.4, -0.2) is 24.6 Å². The van der Waals surface area contributed by atoms with Gasteiger partial charge in [0.15, 0.2) is 0 Å². The fourth-order valence-corrected chi connectivity index (χ4v) is 2.77. The van der Waals surface area contributed by atoms with Crippen molar-refractivity contribution >= 4 is 5.91 Å².